The normalized spacial score (nSPS) is 10.6. The van der Waals surface area contributed by atoms with Crippen molar-refractivity contribution in [1.29, 1.82) is 0 Å². The van der Waals surface area contributed by atoms with E-state index in [0.717, 1.165) is 5.56 Å². The van der Waals surface area contributed by atoms with Gasteiger partial charge in [-0.05, 0) is 31.0 Å². The molecule has 1 rings (SSSR count). The van der Waals surface area contributed by atoms with Gasteiger partial charge in [-0.25, -0.2) is 8.78 Å². The molecule has 0 N–H and O–H groups in total. The third-order valence-corrected chi connectivity index (χ3v) is 1.93. The van der Waals surface area contributed by atoms with Gasteiger partial charge in [0.1, 0.15) is 5.75 Å². The van der Waals surface area contributed by atoms with Crippen molar-refractivity contribution in [3.05, 3.63) is 28.8 Å². The lowest BCUT2D eigenvalue weighted by Gasteiger charge is -2.11. The maximum absolute atomic E-state index is 12.5. The maximum atomic E-state index is 12.5. The number of hydrogen-bond acceptors (Lipinski definition) is 1. The van der Waals surface area contributed by atoms with Gasteiger partial charge in [0.15, 0.2) is 0 Å². The first kappa shape index (κ1) is 9.96. The smallest absolute Gasteiger partial charge is 0.267 e. The van der Waals surface area contributed by atoms with Gasteiger partial charge in [-0.3, -0.25) is 0 Å². The summed E-state index contributed by atoms with van der Waals surface area (Å²) in [5.74, 6) is 0.271. The van der Waals surface area contributed by atoms with Gasteiger partial charge in [0, 0.05) is 0 Å². The molecule has 3 heteroatoms. The number of methoxy groups -OCH3 is 1. The van der Waals surface area contributed by atoms with Crippen LogP contribution in [-0.4, -0.2) is 7.11 Å². The number of aryl methyl sites for hydroxylation is 2. The highest BCUT2D eigenvalue weighted by Gasteiger charge is 2.16. The predicted molar refractivity (Wildman–Crippen MR) is 47.4 cm³/mol. The van der Waals surface area contributed by atoms with Crippen LogP contribution in [0.15, 0.2) is 12.1 Å². The molecular weight excluding hydrogens is 174 g/mol. The Bertz CT molecular complexity index is 308. The first-order valence-corrected chi connectivity index (χ1v) is 3.99. The summed E-state index contributed by atoms with van der Waals surface area (Å²) in [7, 11) is 1.40. The lowest BCUT2D eigenvalue weighted by atomic mass is 10.0. The van der Waals surface area contributed by atoms with Gasteiger partial charge >= 0.3 is 0 Å². The van der Waals surface area contributed by atoms with Crippen LogP contribution in [0.1, 0.15) is 23.1 Å². The molecule has 72 valence electrons. The zero-order chi connectivity index (χ0) is 10.0. The van der Waals surface area contributed by atoms with E-state index in [-0.39, 0.29) is 11.3 Å². The molecule has 1 aromatic rings. The summed E-state index contributed by atoms with van der Waals surface area (Å²) in [6.45, 7) is 3.52. The van der Waals surface area contributed by atoms with Crippen LogP contribution in [0.3, 0.4) is 0 Å². The average molecular weight is 186 g/mol. The minimum atomic E-state index is -2.48. The van der Waals surface area contributed by atoms with Crippen LogP contribution < -0.4 is 4.74 Å². The molecule has 0 unspecified atom stereocenters. The summed E-state index contributed by atoms with van der Waals surface area (Å²) in [6, 6.07) is 3.35. The van der Waals surface area contributed by atoms with Crippen molar-refractivity contribution in [2.75, 3.05) is 7.11 Å². The van der Waals surface area contributed by atoms with Gasteiger partial charge in [-0.2, -0.15) is 0 Å². The fourth-order valence-electron chi connectivity index (χ4n) is 1.39. The third-order valence-electron chi connectivity index (χ3n) is 1.93. The largest absolute Gasteiger partial charge is 0.496 e. The molecule has 0 bridgehead atoms. The molecule has 0 saturated heterocycles. The van der Waals surface area contributed by atoms with Gasteiger partial charge < -0.3 is 4.74 Å². The van der Waals surface area contributed by atoms with Crippen LogP contribution in [0.2, 0.25) is 0 Å². The maximum Gasteiger partial charge on any atom is 0.267 e. The van der Waals surface area contributed by atoms with E-state index in [1.807, 2.05) is 6.92 Å². The Kier molecular flexibility index (Phi) is 2.86. The molecule has 1 nitrogen and oxygen atoms in total. The molecule has 0 aliphatic heterocycles. The van der Waals surface area contributed by atoms with Gasteiger partial charge in [-0.15, -0.1) is 0 Å². The van der Waals surface area contributed by atoms with Crippen molar-refractivity contribution in [3.8, 4) is 5.75 Å². The molecule has 0 spiro atoms. The fourth-order valence-corrected chi connectivity index (χ4v) is 1.39. The molecule has 0 heterocycles. The standard InChI is InChI=1S/C10H12F2O/c1-6-4-7(2)9(10(11)12)8(5-6)13-3/h4-5,10H,1-3H3. The van der Waals surface area contributed by atoms with Crippen LogP contribution >= 0.6 is 0 Å². The lowest BCUT2D eigenvalue weighted by molar-refractivity contribution is 0.146. The highest BCUT2D eigenvalue weighted by Crippen LogP contribution is 2.32. The number of halogens is 2. The van der Waals surface area contributed by atoms with Gasteiger partial charge in [0.2, 0.25) is 0 Å². The Balaban J connectivity index is 3.30. The Hall–Kier alpha value is -1.12. The Morgan fingerprint density at radius 1 is 1.23 bits per heavy atom. The molecule has 0 saturated carbocycles. The second-order valence-electron chi connectivity index (χ2n) is 3.00. The third kappa shape index (κ3) is 1.97. The van der Waals surface area contributed by atoms with Crippen molar-refractivity contribution >= 4 is 0 Å². The van der Waals surface area contributed by atoms with Crippen LogP contribution in [0.4, 0.5) is 8.78 Å². The summed E-state index contributed by atoms with van der Waals surface area (Å²) >= 11 is 0. The SMILES string of the molecule is COc1cc(C)cc(C)c1C(F)F. The van der Waals surface area contributed by atoms with E-state index < -0.39 is 6.43 Å². The number of rotatable bonds is 2. The molecule has 0 radical (unpaired) electrons. The topological polar surface area (TPSA) is 9.23 Å². The number of hydrogen-bond donors (Lipinski definition) is 0. The zero-order valence-electron chi connectivity index (χ0n) is 7.90. The van der Waals surface area contributed by atoms with E-state index >= 15 is 0 Å². The Morgan fingerprint density at radius 2 is 1.85 bits per heavy atom. The Labute approximate surface area is 76.3 Å². The fraction of sp³-hybridized carbons (Fsp3) is 0.400. The van der Waals surface area contributed by atoms with Gasteiger partial charge in [-0.1, -0.05) is 6.07 Å². The van der Waals surface area contributed by atoms with Crippen LogP contribution in [-0.2, 0) is 0 Å². The molecule has 1 aromatic carbocycles. The van der Waals surface area contributed by atoms with Crippen LogP contribution in [0, 0.1) is 13.8 Å². The highest BCUT2D eigenvalue weighted by molar-refractivity contribution is 5.43. The highest BCUT2D eigenvalue weighted by atomic mass is 19.3. The summed E-state index contributed by atoms with van der Waals surface area (Å²) in [5, 5.41) is 0. The number of ether oxygens (including phenoxy) is 1. The second kappa shape index (κ2) is 3.73. The van der Waals surface area contributed by atoms with E-state index in [4.69, 9.17) is 4.74 Å². The van der Waals surface area contributed by atoms with Crippen molar-refractivity contribution in [2.45, 2.75) is 20.3 Å². The van der Waals surface area contributed by atoms with E-state index in [9.17, 15) is 8.78 Å². The lowest BCUT2D eigenvalue weighted by Crippen LogP contribution is -1.96. The minimum Gasteiger partial charge on any atom is -0.496 e. The number of benzene rings is 1. The van der Waals surface area contributed by atoms with E-state index in [2.05, 4.69) is 0 Å². The van der Waals surface area contributed by atoms with Crippen molar-refractivity contribution < 1.29 is 13.5 Å². The summed E-state index contributed by atoms with van der Waals surface area (Å²) in [6.07, 6.45) is -2.48. The van der Waals surface area contributed by atoms with Gasteiger partial charge in [0.25, 0.3) is 6.43 Å². The van der Waals surface area contributed by atoms with Crippen molar-refractivity contribution in [1.82, 2.24) is 0 Å². The van der Waals surface area contributed by atoms with Crippen LogP contribution in [0.25, 0.3) is 0 Å². The molecule has 0 aromatic heterocycles. The van der Waals surface area contributed by atoms with Crippen LogP contribution in [0.5, 0.6) is 5.75 Å². The quantitative estimate of drug-likeness (QED) is 0.688. The van der Waals surface area contributed by atoms with E-state index in [0.29, 0.717) is 5.56 Å². The second-order valence-corrected chi connectivity index (χ2v) is 3.00. The predicted octanol–water partition coefficient (Wildman–Crippen LogP) is 3.25. The summed E-state index contributed by atoms with van der Waals surface area (Å²) < 4.78 is 29.9. The first-order valence-electron chi connectivity index (χ1n) is 3.99. The van der Waals surface area contributed by atoms with Crippen molar-refractivity contribution in [3.63, 3.8) is 0 Å². The van der Waals surface area contributed by atoms with E-state index in [1.54, 1.807) is 19.1 Å². The molecule has 0 amide bonds. The first-order chi connectivity index (χ1) is 6.06. The van der Waals surface area contributed by atoms with E-state index in [1.165, 1.54) is 7.11 Å². The molecule has 0 fully saturated rings. The molecule has 0 atom stereocenters. The minimum absolute atomic E-state index is 0.00639. The molecule has 13 heavy (non-hydrogen) atoms. The summed E-state index contributed by atoms with van der Waals surface area (Å²) in [5.41, 5.74) is 1.50. The zero-order valence-corrected chi connectivity index (χ0v) is 7.90. The monoisotopic (exact) mass is 186 g/mol. The van der Waals surface area contributed by atoms with Crippen molar-refractivity contribution in [2.24, 2.45) is 0 Å². The Morgan fingerprint density at radius 3 is 2.31 bits per heavy atom. The molecular formula is C10H12F2O. The molecule has 0 aliphatic rings. The molecule has 0 aliphatic carbocycles. The average Bonchev–Trinajstić information content (AvgIpc) is 2.01. The van der Waals surface area contributed by atoms with Gasteiger partial charge in [0.05, 0.1) is 12.7 Å². The number of alkyl halides is 2. The summed E-state index contributed by atoms with van der Waals surface area (Å²) in [4.78, 5) is 0.